The van der Waals surface area contributed by atoms with Crippen molar-refractivity contribution in [2.45, 2.75) is 20.4 Å². The summed E-state index contributed by atoms with van der Waals surface area (Å²) in [7, 11) is 0. The standard InChI is InChI=1S/C13H14N2O2S/c1-9(2)7-15-13(17)10(8-16)6-11(14-15)12-4-3-5-18-12/h3-6,8-9H,7H2,1-2H3. The molecule has 0 N–H and O–H groups in total. The number of hydrogen-bond acceptors (Lipinski definition) is 4. The summed E-state index contributed by atoms with van der Waals surface area (Å²) in [5.41, 5.74) is 0.514. The molecule has 5 heteroatoms. The van der Waals surface area contributed by atoms with Crippen molar-refractivity contribution in [2.75, 3.05) is 0 Å². The number of rotatable bonds is 4. The summed E-state index contributed by atoms with van der Waals surface area (Å²) in [6.45, 7) is 4.53. The van der Waals surface area contributed by atoms with Gasteiger partial charge in [0.15, 0.2) is 6.29 Å². The topological polar surface area (TPSA) is 52.0 Å². The van der Waals surface area contributed by atoms with E-state index in [-0.39, 0.29) is 11.1 Å². The summed E-state index contributed by atoms with van der Waals surface area (Å²) in [5.74, 6) is 0.299. The van der Waals surface area contributed by atoms with Gasteiger partial charge < -0.3 is 0 Å². The highest BCUT2D eigenvalue weighted by atomic mass is 32.1. The third kappa shape index (κ3) is 2.56. The van der Waals surface area contributed by atoms with Gasteiger partial charge in [-0.05, 0) is 23.4 Å². The van der Waals surface area contributed by atoms with Crippen LogP contribution in [0.5, 0.6) is 0 Å². The van der Waals surface area contributed by atoms with Crippen LogP contribution in [0.2, 0.25) is 0 Å². The van der Waals surface area contributed by atoms with E-state index in [4.69, 9.17) is 0 Å². The Morgan fingerprint density at radius 2 is 2.28 bits per heavy atom. The van der Waals surface area contributed by atoms with Crippen LogP contribution >= 0.6 is 11.3 Å². The minimum Gasteiger partial charge on any atom is -0.298 e. The molecule has 0 fully saturated rings. The molecule has 0 aliphatic heterocycles. The molecule has 0 aliphatic carbocycles. The zero-order valence-corrected chi connectivity index (χ0v) is 11.1. The predicted octanol–water partition coefficient (Wildman–Crippen LogP) is 2.44. The van der Waals surface area contributed by atoms with Crippen LogP contribution in [0.1, 0.15) is 24.2 Å². The van der Waals surface area contributed by atoms with Crippen molar-refractivity contribution in [3.63, 3.8) is 0 Å². The van der Waals surface area contributed by atoms with Gasteiger partial charge in [0.1, 0.15) is 5.69 Å². The molecule has 2 heterocycles. The van der Waals surface area contributed by atoms with Crippen molar-refractivity contribution in [3.05, 3.63) is 39.5 Å². The van der Waals surface area contributed by atoms with E-state index in [1.807, 2.05) is 31.4 Å². The van der Waals surface area contributed by atoms with Gasteiger partial charge in [-0.25, -0.2) is 4.68 Å². The largest absolute Gasteiger partial charge is 0.298 e. The van der Waals surface area contributed by atoms with Gasteiger partial charge in [-0.2, -0.15) is 5.10 Å². The van der Waals surface area contributed by atoms with Crippen molar-refractivity contribution < 1.29 is 4.79 Å². The molecule has 0 saturated carbocycles. The summed E-state index contributed by atoms with van der Waals surface area (Å²) in [6, 6.07) is 5.39. The molecule has 18 heavy (non-hydrogen) atoms. The normalized spacial score (nSPS) is 10.8. The molecular weight excluding hydrogens is 248 g/mol. The fourth-order valence-electron chi connectivity index (χ4n) is 1.66. The van der Waals surface area contributed by atoms with Crippen LogP contribution in [0.25, 0.3) is 10.6 Å². The highest BCUT2D eigenvalue weighted by Crippen LogP contribution is 2.22. The fourth-order valence-corrected chi connectivity index (χ4v) is 2.34. The molecule has 2 rings (SSSR count). The van der Waals surface area contributed by atoms with Crippen LogP contribution in [0.15, 0.2) is 28.4 Å². The maximum atomic E-state index is 11.9. The van der Waals surface area contributed by atoms with E-state index in [0.29, 0.717) is 24.4 Å². The zero-order valence-electron chi connectivity index (χ0n) is 10.3. The number of hydrogen-bond donors (Lipinski definition) is 0. The Morgan fingerprint density at radius 3 is 2.83 bits per heavy atom. The summed E-state index contributed by atoms with van der Waals surface area (Å²) in [4.78, 5) is 23.8. The van der Waals surface area contributed by atoms with Gasteiger partial charge >= 0.3 is 0 Å². The van der Waals surface area contributed by atoms with Crippen molar-refractivity contribution in [2.24, 2.45) is 5.92 Å². The number of aromatic nitrogens is 2. The van der Waals surface area contributed by atoms with E-state index in [0.717, 1.165) is 4.88 Å². The molecule has 0 amide bonds. The molecule has 0 bridgehead atoms. The highest BCUT2D eigenvalue weighted by molar-refractivity contribution is 7.13. The number of carbonyl (C=O) groups is 1. The number of aldehydes is 1. The lowest BCUT2D eigenvalue weighted by Gasteiger charge is -2.09. The maximum Gasteiger partial charge on any atom is 0.277 e. The van der Waals surface area contributed by atoms with E-state index >= 15 is 0 Å². The minimum atomic E-state index is -0.320. The van der Waals surface area contributed by atoms with E-state index in [9.17, 15) is 9.59 Å². The average Bonchev–Trinajstić information content (AvgIpc) is 2.84. The van der Waals surface area contributed by atoms with Crippen LogP contribution in [-0.4, -0.2) is 16.1 Å². The van der Waals surface area contributed by atoms with Gasteiger partial charge in [0.25, 0.3) is 5.56 Å². The van der Waals surface area contributed by atoms with Crippen molar-refractivity contribution in [1.29, 1.82) is 0 Å². The van der Waals surface area contributed by atoms with Gasteiger partial charge in [0.2, 0.25) is 0 Å². The Hall–Kier alpha value is -1.75. The zero-order chi connectivity index (χ0) is 13.1. The van der Waals surface area contributed by atoms with Crippen LogP contribution < -0.4 is 5.56 Å². The molecule has 0 radical (unpaired) electrons. The summed E-state index contributed by atoms with van der Waals surface area (Å²) in [6.07, 6.45) is 0.595. The van der Waals surface area contributed by atoms with Crippen LogP contribution in [0.3, 0.4) is 0 Å². The number of nitrogens with zero attached hydrogens (tertiary/aromatic N) is 2. The Balaban J connectivity index is 2.56. The second-order valence-corrected chi connectivity index (χ2v) is 5.41. The van der Waals surface area contributed by atoms with Crippen LogP contribution in [0.4, 0.5) is 0 Å². The first-order valence-electron chi connectivity index (χ1n) is 5.73. The second kappa shape index (κ2) is 5.27. The number of thiophene rings is 1. The molecular formula is C13H14N2O2S. The lowest BCUT2D eigenvalue weighted by atomic mass is 10.2. The van der Waals surface area contributed by atoms with E-state index < -0.39 is 0 Å². The quantitative estimate of drug-likeness (QED) is 0.795. The lowest BCUT2D eigenvalue weighted by Crippen LogP contribution is -2.28. The van der Waals surface area contributed by atoms with E-state index in [1.165, 1.54) is 16.0 Å². The third-order valence-corrected chi connectivity index (χ3v) is 3.33. The van der Waals surface area contributed by atoms with Crippen molar-refractivity contribution in [1.82, 2.24) is 9.78 Å². The second-order valence-electron chi connectivity index (χ2n) is 4.46. The molecule has 0 aliphatic rings. The summed E-state index contributed by atoms with van der Waals surface area (Å²) in [5, 5.41) is 6.26. The Bertz CT molecular complexity index is 600. The van der Waals surface area contributed by atoms with Crippen molar-refractivity contribution >= 4 is 17.6 Å². The molecule has 0 spiro atoms. The van der Waals surface area contributed by atoms with Crippen LogP contribution in [-0.2, 0) is 6.54 Å². The summed E-state index contributed by atoms with van der Waals surface area (Å²) >= 11 is 1.53. The fraction of sp³-hybridized carbons (Fsp3) is 0.308. The molecule has 0 unspecified atom stereocenters. The SMILES string of the molecule is CC(C)Cn1nc(-c2cccs2)cc(C=O)c1=O. The lowest BCUT2D eigenvalue weighted by molar-refractivity contribution is 0.112. The van der Waals surface area contributed by atoms with E-state index in [1.54, 1.807) is 6.07 Å². The molecule has 4 nitrogen and oxygen atoms in total. The highest BCUT2D eigenvalue weighted by Gasteiger charge is 2.10. The van der Waals surface area contributed by atoms with Crippen LogP contribution in [0, 0.1) is 5.92 Å². The summed E-state index contributed by atoms with van der Waals surface area (Å²) < 4.78 is 1.38. The molecule has 0 aromatic carbocycles. The number of carbonyl (C=O) groups excluding carboxylic acids is 1. The smallest absolute Gasteiger partial charge is 0.277 e. The first-order chi connectivity index (χ1) is 8.61. The molecule has 0 saturated heterocycles. The minimum absolute atomic E-state index is 0.161. The monoisotopic (exact) mass is 262 g/mol. The van der Waals surface area contributed by atoms with Crippen molar-refractivity contribution in [3.8, 4) is 10.6 Å². The van der Waals surface area contributed by atoms with Gasteiger partial charge in [-0.15, -0.1) is 11.3 Å². The first kappa shape index (κ1) is 12.7. The molecule has 0 atom stereocenters. The van der Waals surface area contributed by atoms with Gasteiger partial charge in [-0.1, -0.05) is 19.9 Å². The molecule has 94 valence electrons. The predicted molar refractivity (Wildman–Crippen MR) is 72.0 cm³/mol. The molecule has 2 aromatic heterocycles. The third-order valence-electron chi connectivity index (χ3n) is 2.44. The van der Waals surface area contributed by atoms with Gasteiger partial charge in [-0.3, -0.25) is 9.59 Å². The Kier molecular flexibility index (Phi) is 3.72. The van der Waals surface area contributed by atoms with E-state index in [2.05, 4.69) is 5.10 Å². The molecule has 2 aromatic rings. The Morgan fingerprint density at radius 1 is 1.50 bits per heavy atom. The maximum absolute atomic E-state index is 11.9. The van der Waals surface area contributed by atoms with Gasteiger partial charge in [0.05, 0.1) is 10.4 Å². The van der Waals surface area contributed by atoms with Gasteiger partial charge in [0, 0.05) is 6.54 Å². The first-order valence-corrected chi connectivity index (χ1v) is 6.61. The Labute approximate surface area is 109 Å². The average molecular weight is 262 g/mol.